The van der Waals surface area contributed by atoms with Gasteiger partial charge in [0.15, 0.2) is 0 Å². The van der Waals surface area contributed by atoms with Crippen molar-refractivity contribution in [1.82, 2.24) is 0 Å². The van der Waals surface area contributed by atoms with Crippen LogP contribution in [-0.2, 0) is 19.3 Å². The van der Waals surface area contributed by atoms with Crippen LogP contribution in [0.5, 0.6) is 0 Å². The molecule has 0 atom stereocenters. The fourth-order valence-electron chi connectivity index (χ4n) is 5.95. The summed E-state index contributed by atoms with van der Waals surface area (Å²) in [6, 6.07) is 54.7. The van der Waals surface area contributed by atoms with Crippen LogP contribution in [-0.4, -0.2) is 0 Å². The third kappa shape index (κ3) is 8.46. The van der Waals surface area contributed by atoms with Gasteiger partial charge >= 0.3 is 0 Å². The summed E-state index contributed by atoms with van der Waals surface area (Å²) in [7, 11) is 0. The summed E-state index contributed by atoms with van der Waals surface area (Å²) in [6.45, 7) is 6.58. The molecule has 0 heteroatoms. The Balaban J connectivity index is 0.000000188. The van der Waals surface area contributed by atoms with E-state index in [4.69, 9.17) is 0 Å². The summed E-state index contributed by atoms with van der Waals surface area (Å²) in [4.78, 5) is 0. The maximum Gasteiger partial charge on any atom is -0.0105 e. The van der Waals surface area contributed by atoms with E-state index in [1.54, 1.807) is 0 Å². The molecule has 0 heterocycles. The average Bonchev–Trinajstić information content (AvgIpc) is 3.10. The maximum absolute atomic E-state index is 2.29. The number of rotatable bonds is 3. The highest BCUT2D eigenvalue weighted by molar-refractivity contribution is 6.07. The second kappa shape index (κ2) is 17.1. The van der Waals surface area contributed by atoms with Crippen molar-refractivity contribution in [2.75, 3.05) is 0 Å². The van der Waals surface area contributed by atoms with Crippen LogP contribution in [0.1, 0.15) is 59.7 Å². The summed E-state index contributed by atoms with van der Waals surface area (Å²) in [6.07, 6.45) is 3.32. The van der Waals surface area contributed by atoms with Gasteiger partial charge in [-0.1, -0.05) is 183 Å². The Morgan fingerprint density at radius 3 is 1.21 bits per heavy atom. The third-order valence-electron chi connectivity index (χ3n) is 8.62. The molecular formula is C47H52. The van der Waals surface area contributed by atoms with Crippen LogP contribution in [0.4, 0.5) is 0 Å². The predicted octanol–water partition coefficient (Wildman–Crippen LogP) is 14.4. The van der Waals surface area contributed by atoms with Gasteiger partial charge in [-0.25, -0.2) is 0 Å². The van der Waals surface area contributed by atoms with Crippen LogP contribution in [0.15, 0.2) is 152 Å². The first-order valence-electron chi connectivity index (χ1n) is 15.9. The maximum atomic E-state index is 2.29. The van der Waals surface area contributed by atoms with Crippen molar-refractivity contribution in [3.05, 3.63) is 168 Å². The van der Waals surface area contributed by atoms with E-state index >= 15 is 0 Å². The van der Waals surface area contributed by atoms with E-state index in [-0.39, 0.29) is 22.3 Å². The molecule has 8 rings (SSSR count). The van der Waals surface area contributed by atoms with Crippen molar-refractivity contribution in [3.8, 4) is 0 Å². The zero-order chi connectivity index (χ0) is 30.3. The minimum Gasteiger partial charge on any atom is -0.0776 e. The Labute approximate surface area is 283 Å². The van der Waals surface area contributed by atoms with Crippen LogP contribution in [0, 0.1) is 0 Å². The molecule has 0 aliphatic heterocycles. The Bertz CT molecular complexity index is 2170. The van der Waals surface area contributed by atoms with Crippen LogP contribution in [0.3, 0.4) is 0 Å². The molecule has 0 radical (unpaired) electrons. The fourth-order valence-corrected chi connectivity index (χ4v) is 5.95. The van der Waals surface area contributed by atoms with Gasteiger partial charge in [-0.3, -0.25) is 0 Å². The molecule has 0 amide bonds. The van der Waals surface area contributed by atoms with Gasteiger partial charge in [0.1, 0.15) is 0 Å². The largest absolute Gasteiger partial charge is 0.0776 e. The van der Waals surface area contributed by atoms with Crippen molar-refractivity contribution >= 4 is 53.9 Å². The predicted molar refractivity (Wildman–Crippen MR) is 215 cm³/mol. The van der Waals surface area contributed by atoms with E-state index in [1.165, 1.54) is 70.6 Å². The molecular weight excluding hydrogens is 565 g/mol. The molecule has 0 unspecified atom stereocenters. The second-order valence-electron chi connectivity index (χ2n) is 11.5. The SMILES string of the molecule is C.C.C.CCc1ccc2c(ccc3ccccc32)c1.CCc1ccc2cc3ccccc3cc2c1.CCc1ccc2ccccc2c1. The first-order valence-corrected chi connectivity index (χ1v) is 15.9. The lowest BCUT2D eigenvalue weighted by atomic mass is 10.00. The molecule has 0 aromatic heterocycles. The average molecular weight is 617 g/mol. The summed E-state index contributed by atoms with van der Waals surface area (Å²) >= 11 is 0. The summed E-state index contributed by atoms with van der Waals surface area (Å²) in [5, 5.41) is 13.4. The van der Waals surface area contributed by atoms with E-state index in [1.807, 2.05) is 0 Å². The van der Waals surface area contributed by atoms with Crippen LogP contribution >= 0.6 is 0 Å². The standard InChI is InChI=1S/2C16H14.C12H12.3CH4/c1-2-12-7-10-16-14(11-12)9-8-13-5-3-4-6-15(13)16;1-2-12-7-8-15-10-13-5-3-4-6-14(13)11-16(15)9-12;1-2-10-7-8-11-5-3-4-6-12(11)9-10;;;/h2*3-11H,2H2,1H3;3-9H,2H2,1H3;3*1H4. The van der Waals surface area contributed by atoms with Crippen LogP contribution < -0.4 is 0 Å². The van der Waals surface area contributed by atoms with E-state index in [2.05, 4.69) is 172 Å². The van der Waals surface area contributed by atoms with Crippen molar-refractivity contribution in [2.45, 2.75) is 62.3 Å². The van der Waals surface area contributed by atoms with Crippen LogP contribution in [0.25, 0.3) is 53.9 Å². The van der Waals surface area contributed by atoms with Crippen molar-refractivity contribution in [1.29, 1.82) is 0 Å². The highest BCUT2D eigenvalue weighted by Crippen LogP contribution is 2.26. The summed E-state index contributed by atoms with van der Waals surface area (Å²) < 4.78 is 0. The Morgan fingerprint density at radius 1 is 0.277 bits per heavy atom. The Hall–Kier alpha value is -4.94. The first kappa shape index (κ1) is 36.5. The molecule has 0 aliphatic carbocycles. The first-order chi connectivity index (χ1) is 21.6. The van der Waals surface area contributed by atoms with Crippen molar-refractivity contribution in [3.63, 3.8) is 0 Å². The molecule has 0 saturated carbocycles. The van der Waals surface area contributed by atoms with Gasteiger partial charge in [-0.05, 0) is 102 Å². The number of benzene rings is 8. The number of hydrogen-bond donors (Lipinski definition) is 0. The van der Waals surface area contributed by atoms with E-state index in [0.717, 1.165) is 19.3 Å². The van der Waals surface area contributed by atoms with Gasteiger partial charge < -0.3 is 0 Å². The van der Waals surface area contributed by atoms with Gasteiger partial charge in [0.25, 0.3) is 0 Å². The highest BCUT2D eigenvalue weighted by Gasteiger charge is 2.01. The quantitative estimate of drug-likeness (QED) is 0.137. The van der Waals surface area contributed by atoms with E-state index < -0.39 is 0 Å². The lowest BCUT2D eigenvalue weighted by molar-refractivity contribution is 1.15. The molecule has 0 nitrogen and oxygen atoms in total. The minimum atomic E-state index is 0. The van der Waals surface area contributed by atoms with E-state index in [0.29, 0.717) is 0 Å². The third-order valence-corrected chi connectivity index (χ3v) is 8.62. The van der Waals surface area contributed by atoms with Gasteiger partial charge in [-0.15, -0.1) is 0 Å². The van der Waals surface area contributed by atoms with Crippen molar-refractivity contribution < 1.29 is 0 Å². The minimum absolute atomic E-state index is 0. The molecule has 8 aromatic rings. The molecule has 0 bridgehead atoms. The molecule has 8 aromatic carbocycles. The zero-order valence-corrected chi connectivity index (χ0v) is 26.1. The van der Waals surface area contributed by atoms with Gasteiger partial charge in [0, 0.05) is 0 Å². The monoisotopic (exact) mass is 616 g/mol. The van der Waals surface area contributed by atoms with Crippen LogP contribution in [0.2, 0.25) is 0 Å². The molecule has 0 fully saturated rings. The zero-order valence-electron chi connectivity index (χ0n) is 26.1. The van der Waals surface area contributed by atoms with E-state index in [9.17, 15) is 0 Å². The Morgan fingerprint density at radius 2 is 0.617 bits per heavy atom. The van der Waals surface area contributed by atoms with Crippen molar-refractivity contribution in [2.24, 2.45) is 0 Å². The fraction of sp³-hybridized carbons (Fsp3) is 0.191. The van der Waals surface area contributed by atoms with Gasteiger partial charge in [-0.2, -0.15) is 0 Å². The molecule has 0 N–H and O–H groups in total. The molecule has 240 valence electrons. The number of aryl methyl sites for hydroxylation is 3. The Kier molecular flexibility index (Phi) is 13.3. The lowest BCUT2D eigenvalue weighted by Gasteiger charge is -2.05. The molecule has 0 saturated heterocycles. The normalized spacial score (nSPS) is 10.2. The molecule has 47 heavy (non-hydrogen) atoms. The summed E-state index contributed by atoms with van der Waals surface area (Å²) in [5.41, 5.74) is 4.22. The number of hydrogen-bond acceptors (Lipinski definition) is 0. The number of fused-ring (bicyclic) bond motifs is 6. The van der Waals surface area contributed by atoms with Gasteiger partial charge in [0.05, 0.1) is 0 Å². The smallest absolute Gasteiger partial charge is 0.0105 e. The van der Waals surface area contributed by atoms with Gasteiger partial charge in [0.2, 0.25) is 0 Å². The topological polar surface area (TPSA) is 0 Å². The lowest BCUT2D eigenvalue weighted by Crippen LogP contribution is -1.81. The summed E-state index contributed by atoms with van der Waals surface area (Å²) in [5.74, 6) is 0. The highest BCUT2D eigenvalue weighted by atomic mass is 14.1. The molecule has 0 aliphatic rings. The second-order valence-corrected chi connectivity index (χ2v) is 11.5. The molecule has 0 spiro atoms.